The number of nitrogens with zero attached hydrogens (tertiary/aromatic N) is 1. The molecule has 0 aliphatic carbocycles. The molecule has 1 heterocycles. The Bertz CT molecular complexity index is 406. The van der Waals surface area contributed by atoms with E-state index in [1.807, 2.05) is 0 Å². The van der Waals surface area contributed by atoms with Gasteiger partial charge in [0.15, 0.2) is 0 Å². The van der Waals surface area contributed by atoms with Gasteiger partial charge in [0, 0.05) is 6.20 Å². The summed E-state index contributed by atoms with van der Waals surface area (Å²) in [6.45, 7) is 1.38. The number of pyridine rings is 1. The average molecular weight is 224 g/mol. The van der Waals surface area contributed by atoms with Gasteiger partial charge < -0.3 is 15.2 Å². The number of carboxylic acids is 1. The Kier molecular flexibility index (Phi) is 3.82. The first-order valence-corrected chi connectivity index (χ1v) is 4.59. The highest BCUT2D eigenvalue weighted by Gasteiger charge is 2.18. The van der Waals surface area contributed by atoms with Gasteiger partial charge in [0.1, 0.15) is 11.6 Å². The molecule has 0 fully saturated rings. The molecule has 1 aromatic rings. The van der Waals surface area contributed by atoms with Gasteiger partial charge in [-0.1, -0.05) is 0 Å². The third-order valence-corrected chi connectivity index (χ3v) is 1.93. The molecule has 0 saturated heterocycles. The van der Waals surface area contributed by atoms with Crippen LogP contribution in [0.25, 0.3) is 0 Å². The zero-order valence-corrected chi connectivity index (χ0v) is 8.93. The van der Waals surface area contributed by atoms with Crippen molar-refractivity contribution in [3.63, 3.8) is 0 Å². The summed E-state index contributed by atoms with van der Waals surface area (Å²) in [5.41, 5.74) is 0.207. The summed E-state index contributed by atoms with van der Waals surface area (Å²) in [5, 5.41) is 11.0. The minimum absolute atomic E-state index is 0.164. The van der Waals surface area contributed by atoms with Crippen LogP contribution in [0.4, 0.5) is 0 Å². The third-order valence-electron chi connectivity index (χ3n) is 1.93. The number of nitrogens with one attached hydrogen (secondary N) is 1. The summed E-state index contributed by atoms with van der Waals surface area (Å²) < 4.78 is 4.89. The second-order valence-electron chi connectivity index (χ2n) is 3.09. The fourth-order valence-electron chi connectivity index (χ4n) is 1.06. The van der Waals surface area contributed by atoms with Crippen LogP contribution in [-0.4, -0.2) is 35.1 Å². The molecule has 1 atom stereocenters. The highest BCUT2D eigenvalue weighted by atomic mass is 16.5. The number of ether oxygens (including phenoxy) is 1. The molecule has 0 saturated carbocycles. The minimum Gasteiger partial charge on any atom is -0.480 e. The van der Waals surface area contributed by atoms with E-state index in [4.69, 9.17) is 9.84 Å². The smallest absolute Gasteiger partial charge is 0.325 e. The summed E-state index contributed by atoms with van der Waals surface area (Å²) in [6.07, 6.45) is 1.48. The molecule has 0 unspecified atom stereocenters. The van der Waals surface area contributed by atoms with Gasteiger partial charge in [-0.2, -0.15) is 0 Å². The minimum atomic E-state index is -1.10. The van der Waals surface area contributed by atoms with Gasteiger partial charge in [0.2, 0.25) is 5.88 Å². The predicted molar refractivity (Wildman–Crippen MR) is 55.4 cm³/mol. The Hall–Kier alpha value is -2.11. The first-order valence-electron chi connectivity index (χ1n) is 4.59. The Balaban J connectivity index is 2.84. The number of carboxylic acid groups (broad SMARTS) is 1. The molecule has 0 aromatic carbocycles. The first kappa shape index (κ1) is 12.0. The number of methoxy groups -OCH3 is 1. The van der Waals surface area contributed by atoms with E-state index in [9.17, 15) is 9.59 Å². The summed E-state index contributed by atoms with van der Waals surface area (Å²) in [4.78, 5) is 26.0. The second kappa shape index (κ2) is 5.11. The van der Waals surface area contributed by atoms with Crippen LogP contribution >= 0.6 is 0 Å². The van der Waals surface area contributed by atoms with Crippen LogP contribution in [-0.2, 0) is 4.79 Å². The molecule has 2 N–H and O–H groups in total. The highest BCUT2D eigenvalue weighted by molar-refractivity contribution is 5.98. The van der Waals surface area contributed by atoms with E-state index in [1.165, 1.54) is 26.3 Å². The van der Waals surface area contributed by atoms with Crippen LogP contribution < -0.4 is 10.1 Å². The van der Waals surface area contributed by atoms with Crippen molar-refractivity contribution in [2.24, 2.45) is 0 Å². The van der Waals surface area contributed by atoms with E-state index in [0.717, 1.165) is 0 Å². The van der Waals surface area contributed by atoms with Gasteiger partial charge in [-0.3, -0.25) is 9.59 Å². The maximum absolute atomic E-state index is 11.6. The number of carbonyl (C=O) groups is 2. The van der Waals surface area contributed by atoms with Crippen molar-refractivity contribution in [3.05, 3.63) is 23.9 Å². The molecule has 86 valence electrons. The van der Waals surface area contributed by atoms with Gasteiger partial charge in [0.25, 0.3) is 5.91 Å². The summed E-state index contributed by atoms with van der Waals surface area (Å²) in [6, 6.07) is 2.12. The number of aliphatic carboxylic acids is 1. The van der Waals surface area contributed by atoms with E-state index < -0.39 is 17.9 Å². The normalized spacial score (nSPS) is 11.6. The number of aromatic nitrogens is 1. The van der Waals surface area contributed by atoms with Crippen LogP contribution in [0.3, 0.4) is 0 Å². The SMILES string of the molecule is COc1ncccc1C(=O)N[C@@H](C)C(=O)O. The Morgan fingerprint density at radius 3 is 2.81 bits per heavy atom. The highest BCUT2D eigenvalue weighted by Crippen LogP contribution is 2.13. The van der Waals surface area contributed by atoms with Gasteiger partial charge in [0.05, 0.1) is 7.11 Å². The molecule has 0 spiro atoms. The van der Waals surface area contributed by atoms with E-state index in [0.29, 0.717) is 0 Å². The number of hydrogen-bond acceptors (Lipinski definition) is 4. The second-order valence-corrected chi connectivity index (χ2v) is 3.09. The molecule has 1 amide bonds. The van der Waals surface area contributed by atoms with Gasteiger partial charge in [-0.25, -0.2) is 4.98 Å². The first-order chi connectivity index (χ1) is 7.56. The Morgan fingerprint density at radius 2 is 2.25 bits per heavy atom. The van der Waals surface area contributed by atoms with Gasteiger partial charge in [-0.15, -0.1) is 0 Å². The van der Waals surface area contributed by atoms with Crippen LogP contribution in [0, 0.1) is 0 Å². The predicted octanol–water partition coefficient (Wildman–Crippen LogP) is 0.293. The Labute approximate surface area is 92.3 Å². The molecule has 1 aromatic heterocycles. The largest absolute Gasteiger partial charge is 0.480 e. The van der Waals surface area contributed by atoms with Crippen molar-refractivity contribution in [3.8, 4) is 5.88 Å². The lowest BCUT2D eigenvalue weighted by atomic mass is 10.2. The maximum Gasteiger partial charge on any atom is 0.325 e. The zero-order valence-electron chi connectivity index (χ0n) is 8.93. The lowest BCUT2D eigenvalue weighted by Crippen LogP contribution is -2.38. The van der Waals surface area contributed by atoms with Crippen molar-refractivity contribution in [1.29, 1.82) is 0 Å². The third kappa shape index (κ3) is 2.69. The molecule has 6 heteroatoms. The maximum atomic E-state index is 11.6. The molecule has 0 aliphatic rings. The van der Waals surface area contributed by atoms with Gasteiger partial charge in [-0.05, 0) is 19.1 Å². The molecule has 0 radical (unpaired) electrons. The topological polar surface area (TPSA) is 88.5 Å². The number of carbonyl (C=O) groups excluding carboxylic acids is 1. The number of hydrogen-bond donors (Lipinski definition) is 2. The quantitative estimate of drug-likeness (QED) is 0.767. The van der Waals surface area contributed by atoms with Crippen molar-refractivity contribution in [2.75, 3.05) is 7.11 Å². The van der Waals surface area contributed by atoms with E-state index >= 15 is 0 Å². The van der Waals surface area contributed by atoms with Crippen molar-refractivity contribution >= 4 is 11.9 Å². The van der Waals surface area contributed by atoms with E-state index in [-0.39, 0.29) is 11.4 Å². The molecule has 0 aliphatic heterocycles. The van der Waals surface area contributed by atoms with Crippen molar-refractivity contribution in [2.45, 2.75) is 13.0 Å². The lowest BCUT2D eigenvalue weighted by molar-refractivity contribution is -0.138. The van der Waals surface area contributed by atoms with Crippen LogP contribution in [0.5, 0.6) is 5.88 Å². The van der Waals surface area contributed by atoms with Gasteiger partial charge >= 0.3 is 5.97 Å². The van der Waals surface area contributed by atoms with E-state index in [2.05, 4.69) is 10.3 Å². The Morgan fingerprint density at radius 1 is 1.56 bits per heavy atom. The monoisotopic (exact) mass is 224 g/mol. The summed E-state index contributed by atoms with van der Waals surface area (Å²) >= 11 is 0. The van der Waals surface area contributed by atoms with Crippen molar-refractivity contribution in [1.82, 2.24) is 10.3 Å². The fraction of sp³-hybridized carbons (Fsp3) is 0.300. The average Bonchev–Trinajstić information content (AvgIpc) is 2.28. The van der Waals surface area contributed by atoms with Crippen LogP contribution in [0.2, 0.25) is 0 Å². The van der Waals surface area contributed by atoms with E-state index in [1.54, 1.807) is 6.07 Å². The summed E-state index contributed by atoms with van der Waals surface area (Å²) in [7, 11) is 1.39. The molecular formula is C10H12N2O4. The molecule has 1 rings (SSSR count). The molecule has 6 nitrogen and oxygen atoms in total. The lowest BCUT2D eigenvalue weighted by Gasteiger charge is -2.10. The standard InChI is InChI=1S/C10H12N2O4/c1-6(10(14)15)12-8(13)7-4-3-5-11-9(7)16-2/h3-6H,1-2H3,(H,12,13)(H,14,15)/t6-/m0/s1. The van der Waals surface area contributed by atoms with Crippen molar-refractivity contribution < 1.29 is 19.4 Å². The molecule has 0 bridgehead atoms. The van der Waals surface area contributed by atoms with Crippen LogP contribution in [0.1, 0.15) is 17.3 Å². The molecule has 16 heavy (non-hydrogen) atoms. The fourth-order valence-corrected chi connectivity index (χ4v) is 1.06. The number of rotatable bonds is 4. The zero-order chi connectivity index (χ0) is 12.1. The number of amides is 1. The van der Waals surface area contributed by atoms with Crippen LogP contribution in [0.15, 0.2) is 18.3 Å². The summed E-state index contributed by atoms with van der Waals surface area (Å²) in [5.74, 6) is -1.46. The molecular weight excluding hydrogens is 212 g/mol.